The molecular formula is C23H26Cl2N2O3. The Kier molecular flexibility index (Phi) is 5.64. The van der Waals surface area contributed by atoms with Crippen molar-refractivity contribution in [1.29, 1.82) is 0 Å². The predicted octanol–water partition coefficient (Wildman–Crippen LogP) is 6.03. The molecule has 2 aromatic carbocycles. The molecule has 0 saturated carbocycles. The maximum atomic E-state index is 12.6. The van der Waals surface area contributed by atoms with E-state index < -0.39 is 11.7 Å². The number of β-amino-alcohol motifs (C(OH)–C–C–N with tert-alkyl or cyclic N) is 1. The van der Waals surface area contributed by atoms with Crippen molar-refractivity contribution in [3.63, 3.8) is 0 Å². The summed E-state index contributed by atoms with van der Waals surface area (Å²) in [5.74, 6) is 0. The zero-order valence-electron chi connectivity index (χ0n) is 17.4. The number of benzene rings is 2. The van der Waals surface area contributed by atoms with Crippen LogP contribution < -0.4 is 0 Å². The predicted molar refractivity (Wildman–Crippen MR) is 122 cm³/mol. The molecule has 0 bridgehead atoms. The zero-order valence-corrected chi connectivity index (χ0v) is 18.9. The molecular weight excluding hydrogens is 423 g/mol. The molecule has 0 radical (unpaired) electrons. The summed E-state index contributed by atoms with van der Waals surface area (Å²) >= 11 is 12.5. The number of hydrogen-bond donors (Lipinski definition) is 1. The molecule has 2 heterocycles. The molecule has 1 aliphatic heterocycles. The molecule has 0 aliphatic carbocycles. The summed E-state index contributed by atoms with van der Waals surface area (Å²) in [6, 6.07) is 11.4. The first-order chi connectivity index (χ1) is 14.1. The van der Waals surface area contributed by atoms with Crippen molar-refractivity contribution in [1.82, 2.24) is 9.47 Å². The number of carbonyl (C=O) groups is 1. The third-order valence-corrected chi connectivity index (χ3v) is 5.96. The number of halogens is 2. The van der Waals surface area contributed by atoms with Crippen molar-refractivity contribution in [2.75, 3.05) is 13.1 Å². The molecule has 30 heavy (non-hydrogen) atoms. The standard InChI is InChI=1S/C23H26Cl2N2O3/c1-23(2,3)30-22(29)26-10-4-5-20(21(28)13-26)27-18-8-6-14(24)11-16(18)17-12-15(25)7-9-19(17)27/h6-9,11-12,20-21,28H,4-5,10,13H2,1-3H3/t20?,21-/m1/s1. The summed E-state index contributed by atoms with van der Waals surface area (Å²) in [6.07, 6.45) is 0.390. The van der Waals surface area contributed by atoms with Crippen molar-refractivity contribution >= 4 is 51.1 Å². The van der Waals surface area contributed by atoms with Gasteiger partial charge in [0, 0.05) is 38.4 Å². The van der Waals surface area contributed by atoms with Crippen LogP contribution in [0, 0.1) is 0 Å². The number of rotatable bonds is 1. The second kappa shape index (κ2) is 7.95. The van der Waals surface area contributed by atoms with E-state index in [0.717, 1.165) is 34.6 Å². The molecule has 0 spiro atoms. The second-order valence-electron chi connectivity index (χ2n) is 8.90. The van der Waals surface area contributed by atoms with Gasteiger partial charge in [-0.05, 0) is 70.0 Å². The molecule has 4 rings (SSSR count). The fourth-order valence-electron chi connectivity index (χ4n) is 4.27. The van der Waals surface area contributed by atoms with Crippen LogP contribution in [-0.4, -0.2) is 45.5 Å². The maximum Gasteiger partial charge on any atom is 0.410 e. The highest BCUT2D eigenvalue weighted by Gasteiger charge is 2.32. The number of likely N-dealkylation sites (tertiary alicyclic amines) is 1. The van der Waals surface area contributed by atoms with E-state index in [0.29, 0.717) is 16.6 Å². The van der Waals surface area contributed by atoms with E-state index in [-0.39, 0.29) is 18.7 Å². The Morgan fingerprint density at radius 3 is 2.17 bits per heavy atom. The summed E-state index contributed by atoms with van der Waals surface area (Å²) in [5.41, 5.74) is 1.41. The van der Waals surface area contributed by atoms with Gasteiger partial charge in [0.1, 0.15) is 5.60 Å². The van der Waals surface area contributed by atoms with Crippen molar-refractivity contribution in [3.8, 4) is 0 Å². The quantitative estimate of drug-likeness (QED) is 0.493. The van der Waals surface area contributed by atoms with Gasteiger partial charge in [-0.3, -0.25) is 0 Å². The van der Waals surface area contributed by atoms with Crippen LogP contribution in [0.15, 0.2) is 36.4 Å². The van der Waals surface area contributed by atoms with Crippen LogP contribution in [0.4, 0.5) is 4.79 Å². The van der Waals surface area contributed by atoms with Gasteiger partial charge in [0.05, 0.1) is 18.7 Å². The van der Waals surface area contributed by atoms with Crippen LogP contribution in [0.3, 0.4) is 0 Å². The SMILES string of the molecule is CC(C)(C)OC(=O)N1CCCC(n2c3ccc(Cl)cc3c3cc(Cl)ccc32)[C@H](O)C1. The molecule has 2 atom stereocenters. The average Bonchev–Trinajstić information content (AvgIpc) is 2.81. The molecule has 1 N–H and O–H groups in total. The number of carbonyl (C=O) groups excluding carboxylic acids is 1. The van der Waals surface area contributed by atoms with Gasteiger partial charge in [-0.2, -0.15) is 0 Å². The van der Waals surface area contributed by atoms with Crippen molar-refractivity contribution in [2.45, 2.75) is 51.4 Å². The molecule has 5 nitrogen and oxygen atoms in total. The van der Waals surface area contributed by atoms with E-state index in [1.165, 1.54) is 0 Å². The molecule has 1 amide bonds. The summed E-state index contributed by atoms with van der Waals surface area (Å²) in [4.78, 5) is 14.2. The Balaban J connectivity index is 1.74. The number of fused-ring (bicyclic) bond motifs is 3. The highest BCUT2D eigenvalue weighted by Crippen LogP contribution is 2.38. The second-order valence-corrected chi connectivity index (χ2v) is 9.77. The van der Waals surface area contributed by atoms with E-state index in [4.69, 9.17) is 27.9 Å². The normalized spacial score (nSPS) is 20.5. The first-order valence-corrected chi connectivity index (χ1v) is 10.9. The van der Waals surface area contributed by atoms with Gasteiger partial charge in [0.25, 0.3) is 0 Å². The number of amides is 1. The van der Waals surface area contributed by atoms with Gasteiger partial charge in [-0.25, -0.2) is 4.79 Å². The van der Waals surface area contributed by atoms with Crippen molar-refractivity contribution < 1.29 is 14.6 Å². The fourth-order valence-corrected chi connectivity index (χ4v) is 4.62. The Labute approximate surface area is 186 Å². The summed E-state index contributed by atoms with van der Waals surface area (Å²) < 4.78 is 7.68. The van der Waals surface area contributed by atoms with E-state index in [1.54, 1.807) is 4.90 Å². The molecule has 1 aromatic heterocycles. The van der Waals surface area contributed by atoms with E-state index in [1.807, 2.05) is 57.2 Å². The van der Waals surface area contributed by atoms with Gasteiger partial charge in [0.15, 0.2) is 0 Å². The van der Waals surface area contributed by atoms with Crippen LogP contribution >= 0.6 is 23.2 Å². The number of ether oxygens (including phenoxy) is 1. The highest BCUT2D eigenvalue weighted by atomic mass is 35.5. The monoisotopic (exact) mass is 448 g/mol. The van der Waals surface area contributed by atoms with Crippen LogP contribution in [0.1, 0.15) is 39.7 Å². The summed E-state index contributed by atoms with van der Waals surface area (Å²) in [6.45, 7) is 6.31. The lowest BCUT2D eigenvalue weighted by Gasteiger charge is -2.29. The number of nitrogens with zero attached hydrogens (tertiary/aromatic N) is 2. The molecule has 160 valence electrons. The molecule has 7 heteroatoms. The van der Waals surface area contributed by atoms with Crippen LogP contribution in [0.25, 0.3) is 21.8 Å². The largest absolute Gasteiger partial charge is 0.444 e. The molecule has 3 aromatic rings. The Morgan fingerprint density at radius 2 is 1.63 bits per heavy atom. The van der Waals surface area contributed by atoms with Gasteiger partial charge in [-0.1, -0.05) is 23.2 Å². The van der Waals surface area contributed by atoms with E-state index in [9.17, 15) is 9.90 Å². The lowest BCUT2D eigenvalue weighted by molar-refractivity contribution is 0.0142. The maximum absolute atomic E-state index is 12.6. The minimum atomic E-state index is -0.731. The van der Waals surface area contributed by atoms with Gasteiger partial charge in [-0.15, -0.1) is 0 Å². The summed E-state index contributed by atoms with van der Waals surface area (Å²) in [7, 11) is 0. The minimum Gasteiger partial charge on any atom is -0.444 e. The Morgan fingerprint density at radius 1 is 1.07 bits per heavy atom. The first-order valence-electron chi connectivity index (χ1n) is 10.2. The number of aliphatic hydroxyl groups excluding tert-OH is 1. The smallest absolute Gasteiger partial charge is 0.410 e. The Hall–Kier alpha value is -1.95. The van der Waals surface area contributed by atoms with E-state index >= 15 is 0 Å². The first kappa shape index (κ1) is 21.3. The number of aliphatic hydroxyl groups is 1. The number of hydrogen-bond acceptors (Lipinski definition) is 3. The van der Waals surface area contributed by atoms with Crippen LogP contribution in [0.2, 0.25) is 10.0 Å². The lowest BCUT2D eigenvalue weighted by Crippen LogP contribution is -2.41. The minimum absolute atomic E-state index is 0.181. The van der Waals surface area contributed by atoms with E-state index in [2.05, 4.69) is 4.57 Å². The van der Waals surface area contributed by atoms with Crippen molar-refractivity contribution in [2.24, 2.45) is 0 Å². The molecule has 1 unspecified atom stereocenters. The van der Waals surface area contributed by atoms with Crippen molar-refractivity contribution in [3.05, 3.63) is 46.4 Å². The third kappa shape index (κ3) is 4.11. The van der Waals surface area contributed by atoms with Gasteiger partial charge >= 0.3 is 6.09 Å². The zero-order chi connectivity index (χ0) is 21.6. The topological polar surface area (TPSA) is 54.7 Å². The lowest BCUT2D eigenvalue weighted by atomic mass is 10.1. The Bertz CT molecular complexity index is 1040. The molecule has 1 saturated heterocycles. The average molecular weight is 449 g/mol. The number of aromatic nitrogens is 1. The highest BCUT2D eigenvalue weighted by molar-refractivity contribution is 6.33. The molecule has 1 fully saturated rings. The van der Waals surface area contributed by atoms with Crippen LogP contribution in [-0.2, 0) is 4.74 Å². The fraction of sp³-hybridized carbons (Fsp3) is 0.435. The third-order valence-electron chi connectivity index (χ3n) is 5.49. The summed E-state index contributed by atoms with van der Waals surface area (Å²) in [5, 5.41) is 14.4. The van der Waals surface area contributed by atoms with Gasteiger partial charge < -0.3 is 19.3 Å². The van der Waals surface area contributed by atoms with Crippen LogP contribution in [0.5, 0.6) is 0 Å². The van der Waals surface area contributed by atoms with Gasteiger partial charge in [0.2, 0.25) is 0 Å². The molecule has 1 aliphatic rings.